The lowest BCUT2D eigenvalue weighted by molar-refractivity contribution is 0.822. The first-order chi connectivity index (χ1) is 5.41. The Morgan fingerprint density at radius 1 is 1.45 bits per heavy atom. The second kappa shape index (κ2) is 8.63. The molecule has 0 saturated heterocycles. The zero-order chi connectivity index (χ0) is 8.36. The maximum absolute atomic E-state index is 7.95. The lowest BCUT2D eigenvalue weighted by Crippen LogP contribution is -1.62. The molecule has 1 rings (SSSR count). The van der Waals surface area contributed by atoms with Crippen LogP contribution < -0.4 is 0 Å². The fraction of sp³-hybridized carbons (Fsp3) is 0.571. The highest BCUT2D eigenvalue weighted by Crippen LogP contribution is 1.88. The van der Waals surface area contributed by atoms with E-state index >= 15 is 0 Å². The highest BCUT2D eigenvalue weighted by Gasteiger charge is 1.74. The Labute approximate surface area is 66.2 Å². The molecule has 0 spiro atoms. The number of rotatable bonds is 2. The minimum atomic E-state index is 0.719. The highest BCUT2D eigenvalue weighted by molar-refractivity contribution is 4.66. The molecule has 4 nitrogen and oxygen atoms in total. The van der Waals surface area contributed by atoms with E-state index in [1.54, 1.807) is 12.4 Å². The van der Waals surface area contributed by atoms with Crippen molar-refractivity contribution in [1.82, 2.24) is 15.4 Å². The van der Waals surface area contributed by atoms with Gasteiger partial charge in [0.05, 0.1) is 18.5 Å². The van der Waals surface area contributed by atoms with Gasteiger partial charge in [0.1, 0.15) is 0 Å². The second-order valence-electron chi connectivity index (χ2n) is 1.92. The summed E-state index contributed by atoms with van der Waals surface area (Å²) in [5, 5.41) is 17.3. The fourth-order valence-corrected chi connectivity index (χ4v) is 0.423. The number of aromatic amines is 1. The third kappa shape index (κ3) is 8.63. The van der Waals surface area contributed by atoms with Crippen LogP contribution in [0, 0.1) is 11.3 Å². The summed E-state index contributed by atoms with van der Waals surface area (Å²) in [6, 6.07) is 2.07. The summed E-state index contributed by atoms with van der Waals surface area (Å²) in [5.74, 6) is 0. The average molecular weight is 152 g/mol. The molecule has 1 heterocycles. The molecule has 0 aliphatic rings. The quantitative estimate of drug-likeness (QED) is 0.653. The molecule has 11 heavy (non-hydrogen) atoms. The SMILES string of the molecule is CCCCC#N.c1cn[nH]n1. The van der Waals surface area contributed by atoms with E-state index in [0.717, 1.165) is 19.3 Å². The number of nitriles is 1. The van der Waals surface area contributed by atoms with E-state index in [1.165, 1.54) is 0 Å². The summed E-state index contributed by atoms with van der Waals surface area (Å²) in [5.41, 5.74) is 0. The number of H-pyrrole nitrogens is 1. The molecule has 0 bridgehead atoms. The van der Waals surface area contributed by atoms with E-state index in [9.17, 15) is 0 Å². The van der Waals surface area contributed by atoms with Gasteiger partial charge < -0.3 is 0 Å². The van der Waals surface area contributed by atoms with Crippen LogP contribution in [0.4, 0.5) is 0 Å². The van der Waals surface area contributed by atoms with Crippen molar-refractivity contribution in [3.05, 3.63) is 12.4 Å². The molecule has 0 amide bonds. The standard InChI is InChI=1S/C5H9N.C2H3N3/c1-2-3-4-5-6;1-2-4-5-3-1/h2-4H2,1H3;1-2H,(H,3,4,5). The molecule has 0 aromatic carbocycles. The Morgan fingerprint density at radius 2 is 2.09 bits per heavy atom. The Morgan fingerprint density at radius 3 is 2.27 bits per heavy atom. The molecule has 0 saturated carbocycles. The summed E-state index contributed by atoms with van der Waals surface area (Å²) in [4.78, 5) is 0. The third-order valence-electron chi connectivity index (χ3n) is 0.973. The van der Waals surface area contributed by atoms with Crippen molar-refractivity contribution in [3.8, 4) is 6.07 Å². The molecule has 0 aliphatic heterocycles. The van der Waals surface area contributed by atoms with Gasteiger partial charge in [-0.3, -0.25) is 0 Å². The van der Waals surface area contributed by atoms with Crippen molar-refractivity contribution < 1.29 is 0 Å². The van der Waals surface area contributed by atoms with Crippen LogP contribution in [0.15, 0.2) is 12.4 Å². The van der Waals surface area contributed by atoms with Crippen molar-refractivity contribution in [3.63, 3.8) is 0 Å². The van der Waals surface area contributed by atoms with Gasteiger partial charge in [-0.05, 0) is 6.42 Å². The molecule has 0 fully saturated rings. The first-order valence-electron chi connectivity index (χ1n) is 3.58. The van der Waals surface area contributed by atoms with E-state index in [1.807, 2.05) is 0 Å². The number of unbranched alkanes of at least 4 members (excludes halogenated alkanes) is 2. The topological polar surface area (TPSA) is 65.4 Å². The van der Waals surface area contributed by atoms with Crippen LogP contribution in [0.25, 0.3) is 0 Å². The Hall–Kier alpha value is -1.37. The van der Waals surface area contributed by atoms with Gasteiger partial charge >= 0.3 is 0 Å². The van der Waals surface area contributed by atoms with Gasteiger partial charge in [-0.25, -0.2) is 0 Å². The van der Waals surface area contributed by atoms with Crippen LogP contribution in [0.5, 0.6) is 0 Å². The van der Waals surface area contributed by atoms with Crippen LogP contribution in [0.2, 0.25) is 0 Å². The summed E-state index contributed by atoms with van der Waals surface area (Å²) in [6.07, 6.45) is 6.07. The second-order valence-corrected chi connectivity index (χ2v) is 1.92. The van der Waals surface area contributed by atoms with Crippen molar-refractivity contribution >= 4 is 0 Å². The summed E-state index contributed by atoms with van der Waals surface area (Å²) in [6.45, 7) is 2.08. The maximum atomic E-state index is 7.95. The zero-order valence-electron chi connectivity index (χ0n) is 6.62. The van der Waals surface area contributed by atoms with Gasteiger partial charge in [0.25, 0.3) is 0 Å². The Balaban J connectivity index is 0.000000183. The van der Waals surface area contributed by atoms with Gasteiger partial charge in [0, 0.05) is 6.42 Å². The number of aromatic nitrogens is 3. The fourth-order valence-electron chi connectivity index (χ4n) is 0.423. The maximum Gasteiger partial charge on any atom is 0.0690 e. The predicted octanol–water partition coefficient (Wildman–Crippen LogP) is 1.50. The van der Waals surface area contributed by atoms with Gasteiger partial charge in [-0.15, -0.1) is 0 Å². The van der Waals surface area contributed by atoms with E-state index in [-0.39, 0.29) is 0 Å². The number of hydrogen-bond acceptors (Lipinski definition) is 3. The van der Waals surface area contributed by atoms with Gasteiger partial charge in [0.15, 0.2) is 0 Å². The normalized spacial score (nSPS) is 7.64. The molecule has 1 aromatic rings. The van der Waals surface area contributed by atoms with Gasteiger partial charge in [-0.1, -0.05) is 13.3 Å². The summed E-state index contributed by atoms with van der Waals surface area (Å²) in [7, 11) is 0. The van der Waals surface area contributed by atoms with Crippen molar-refractivity contribution in [1.29, 1.82) is 5.26 Å². The van der Waals surface area contributed by atoms with Crippen LogP contribution in [0.1, 0.15) is 26.2 Å². The molecule has 1 aromatic heterocycles. The molecule has 0 radical (unpaired) electrons. The Bertz CT molecular complexity index is 158. The van der Waals surface area contributed by atoms with Crippen LogP contribution in [0.3, 0.4) is 0 Å². The Kier molecular flexibility index (Phi) is 7.56. The monoisotopic (exact) mass is 152 g/mol. The number of hydrogen-bond donors (Lipinski definition) is 1. The summed E-state index contributed by atoms with van der Waals surface area (Å²) >= 11 is 0. The van der Waals surface area contributed by atoms with Gasteiger partial charge in [0.2, 0.25) is 0 Å². The molecule has 0 atom stereocenters. The number of nitrogens with zero attached hydrogens (tertiary/aromatic N) is 3. The molecule has 1 N–H and O–H groups in total. The number of nitrogens with one attached hydrogen (secondary N) is 1. The van der Waals surface area contributed by atoms with E-state index < -0.39 is 0 Å². The third-order valence-corrected chi connectivity index (χ3v) is 0.973. The van der Waals surface area contributed by atoms with Crippen LogP contribution in [-0.2, 0) is 0 Å². The predicted molar refractivity (Wildman–Crippen MR) is 41.5 cm³/mol. The van der Waals surface area contributed by atoms with Crippen molar-refractivity contribution in [2.24, 2.45) is 0 Å². The molecule has 4 heteroatoms. The zero-order valence-corrected chi connectivity index (χ0v) is 6.62. The highest BCUT2D eigenvalue weighted by atomic mass is 15.3. The lowest BCUT2D eigenvalue weighted by Gasteiger charge is -1.77. The lowest BCUT2D eigenvalue weighted by atomic mass is 10.3. The van der Waals surface area contributed by atoms with E-state index in [0.29, 0.717) is 0 Å². The first-order valence-corrected chi connectivity index (χ1v) is 3.58. The first kappa shape index (κ1) is 9.63. The van der Waals surface area contributed by atoms with Crippen molar-refractivity contribution in [2.75, 3.05) is 0 Å². The molecular weight excluding hydrogens is 140 g/mol. The molecular formula is C7H12N4. The summed E-state index contributed by atoms with van der Waals surface area (Å²) < 4.78 is 0. The average Bonchev–Trinajstić information content (AvgIpc) is 2.57. The smallest absolute Gasteiger partial charge is 0.0690 e. The van der Waals surface area contributed by atoms with Crippen LogP contribution >= 0.6 is 0 Å². The largest absolute Gasteiger partial charge is 0.198 e. The van der Waals surface area contributed by atoms with Crippen LogP contribution in [-0.4, -0.2) is 15.4 Å². The molecule has 0 aliphatic carbocycles. The van der Waals surface area contributed by atoms with Gasteiger partial charge in [-0.2, -0.15) is 20.7 Å². The minimum Gasteiger partial charge on any atom is -0.198 e. The van der Waals surface area contributed by atoms with Crippen molar-refractivity contribution in [2.45, 2.75) is 26.2 Å². The molecule has 60 valence electrons. The van der Waals surface area contributed by atoms with E-state index in [2.05, 4.69) is 28.4 Å². The molecule has 0 unspecified atom stereocenters. The van der Waals surface area contributed by atoms with E-state index in [4.69, 9.17) is 5.26 Å². The minimum absolute atomic E-state index is 0.719.